The fourth-order valence-corrected chi connectivity index (χ4v) is 3.30. The van der Waals surface area contributed by atoms with Crippen LogP contribution in [0.4, 0.5) is 0 Å². The van der Waals surface area contributed by atoms with E-state index in [0.717, 1.165) is 19.3 Å². The summed E-state index contributed by atoms with van der Waals surface area (Å²) in [6.07, 6.45) is 4.54. The van der Waals surface area contributed by atoms with Gasteiger partial charge in [0.1, 0.15) is 5.03 Å². The van der Waals surface area contributed by atoms with E-state index in [2.05, 4.69) is 15.1 Å². The van der Waals surface area contributed by atoms with Gasteiger partial charge in [-0.2, -0.15) is 5.10 Å². The normalized spacial score (nSPS) is 18.6. The molecule has 0 aromatic carbocycles. The first-order chi connectivity index (χ1) is 10.7. The summed E-state index contributed by atoms with van der Waals surface area (Å²) in [5.41, 5.74) is 0.497. The van der Waals surface area contributed by atoms with Crippen molar-refractivity contribution in [2.24, 2.45) is 0 Å². The van der Waals surface area contributed by atoms with Crippen molar-refractivity contribution in [2.45, 2.75) is 30.5 Å². The topological polar surface area (TPSA) is 79.1 Å². The molecule has 1 fully saturated rings. The summed E-state index contributed by atoms with van der Waals surface area (Å²) in [7, 11) is 1.29. The maximum Gasteiger partial charge on any atom is 0.376 e. The van der Waals surface area contributed by atoms with Crippen molar-refractivity contribution < 1.29 is 14.3 Å². The van der Waals surface area contributed by atoms with E-state index < -0.39 is 5.97 Å². The molecule has 22 heavy (non-hydrogen) atoms. The van der Waals surface area contributed by atoms with Crippen molar-refractivity contribution in [3.05, 3.63) is 11.0 Å². The van der Waals surface area contributed by atoms with Crippen LogP contribution in [-0.4, -0.2) is 45.7 Å². The quantitative estimate of drug-likeness (QED) is 0.482. The van der Waals surface area contributed by atoms with Crippen molar-refractivity contribution in [1.29, 1.82) is 0 Å². The van der Waals surface area contributed by atoms with Crippen molar-refractivity contribution in [3.8, 4) is 0 Å². The zero-order valence-corrected chi connectivity index (χ0v) is 13.8. The molecule has 0 aliphatic carbocycles. The molecular weight excluding hydrogens is 328 g/mol. The van der Waals surface area contributed by atoms with Gasteiger partial charge in [0.15, 0.2) is 17.0 Å². The molecule has 2 aromatic heterocycles. The molecule has 3 heterocycles. The van der Waals surface area contributed by atoms with Crippen LogP contribution in [0.2, 0.25) is 5.15 Å². The third-order valence-electron chi connectivity index (χ3n) is 3.47. The highest BCUT2D eigenvalue weighted by Gasteiger charge is 2.25. The van der Waals surface area contributed by atoms with E-state index in [4.69, 9.17) is 21.1 Å². The molecule has 1 aliphatic heterocycles. The number of carbonyl (C=O) groups excluding carboxylic acids is 1. The lowest BCUT2D eigenvalue weighted by Gasteiger charge is -2.23. The molecule has 0 bridgehead atoms. The second kappa shape index (κ2) is 6.39. The number of hydrogen-bond donors (Lipinski definition) is 0. The molecule has 118 valence electrons. The Kier molecular flexibility index (Phi) is 4.51. The number of thioether (sulfide) groups is 1. The Balaban J connectivity index is 2.18. The van der Waals surface area contributed by atoms with E-state index in [1.165, 1.54) is 18.9 Å². The minimum atomic E-state index is -0.592. The minimum Gasteiger partial charge on any atom is -0.463 e. The van der Waals surface area contributed by atoms with Crippen molar-refractivity contribution in [3.63, 3.8) is 0 Å². The number of halogens is 1. The Labute approximate surface area is 136 Å². The van der Waals surface area contributed by atoms with Gasteiger partial charge in [-0.3, -0.25) is 0 Å². The largest absolute Gasteiger partial charge is 0.463 e. The zero-order chi connectivity index (χ0) is 15.7. The van der Waals surface area contributed by atoms with Crippen LogP contribution in [-0.2, 0) is 9.47 Å². The molecule has 7 nitrogen and oxygen atoms in total. The van der Waals surface area contributed by atoms with Crippen molar-refractivity contribution in [2.75, 3.05) is 20.0 Å². The van der Waals surface area contributed by atoms with Gasteiger partial charge in [0.2, 0.25) is 5.82 Å². The first-order valence-corrected chi connectivity index (χ1v) is 8.45. The molecular formula is C13H15ClN4O3S. The maximum absolute atomic E-state index is 11.8. The first-order valence-electron chi connectivity index (χ1n) is 6.85. The number of methoxy groups -OCH3 is 1. The number of carbonyl (C=O) groups is 1. The molecule has 1 aliphatic rings. The van der Waals surface area contributed by atoms with E-state index in [0.29, 0.717) is 27.8 Å². The zero-order valence-electron chi connectivity index (χ0n) is 12.2. The molecule has 9 heteroatoms. The number of esters is 1. The number of fused-ring (bicyclic) bond motifs is 1. The Morgan fingerprint density at radius 2 is 2.27 bits per heavy atom. The highest BCUT2D eigenvalue weighted by molar-refractivity contribution is 7.98. The lowest BCUT2D eigenvalue weighted by molar-refractivity contribution is -0.0370. The van der Waals surface area contributed by atoms with Gasteiger partial charge in [-0.05, 0) is 25.5 Å². The summed E-state index contributed by atoms with van der Waals surface area (Å²) < 4.78 is 12.1. The Morgan fingerprint density at radius 1 is 1.45 bits per heavy atom. The molecule has 3 rings (SSSR count). The van der Waals surface area contributed by atoms with Crippen LogP contribution in [0.3, 0.4) is 0 Å². The Bertz CT molecular complexity index is 715. The van der Waals surface area contributed by atoms with Crippen molar-refractivity contribution >= 4 is 40.4 Å². The summed E-state index contributed by atoms with van der Waals surface area (Å²) >= 11 is 7.63. The lowest BCUT2D eigenvalue weighted by atomic mass is 10.2. The standard InChI is InChI=1S/C13H15ClN4O3S/c1-20-13(19)10-15-11-8(12(16-10)22-2)9(14)17-18(11)7-5-3-4-6-21-7/h7H,3-6H2,1-2H3. The SMILES string of the molecule is COC(=O)c1nc(SC)c2c(Cl)nn(C3CCCCO3)c2n1. The van der Waals surface area contributed by atoms with Gasteiger partial charge in [-0.1, -0.05) is 11.6 Å². The second-order valence-corrected chi connectivity index (χ2v) is 5.96. The Hall–Kier alpha value is -1.38. The third-order valence-corrected chi connectivity index (χ3v) is 4.41. The van der Waals surface area contributed by atoms with Gasteiger partial charge in [-0.25, -0.2) is 19.4 Å². The summed E-state index contributed by atoms with van der Waals surface area (Å²) in [6, 6.07) is 0. The predicted molar refractivity (Wildman–Crippen MR) is 82.3 cm³/mol. The van der Waals surface area contributed by atoms with E-state index in [9.17, 15) is 4.79 Å². The average Bonchev–Trinajstić information content (AvgIpc) is 2.91. The maximum atomic E-state index is 11.8. The minimum absolute atomic E-state index is 0.00650. The van der Waals surface area contributed by atoms with Crippen LogP contribution in [0, 0.1) is 0 Å². The molecule has 1 saturated heterocycles. The van der Waals surface area contributed by atoms with Crippen LogP contribution in [0.1, 0.15) is 36.1 Å². The van der Waals surface area contributed by atoms with Crippen LogP contribution < -0.4 is 0 Å². The van der Waals surface area contributed by atoms with Gasteiger partial charge < -0.3 is 9.47 Å². The van der Waals surface area contributed by atoms with Gasteiger partial charge >= 0.3 is 5.97 Å². The van der Waals surface area contributed by atoms with Crippen LogP contribution in [0.25, 0.3) is 11.0 Å². The highest BCUT2D eigenvalue weighted by atomic mass is 35.5. The molecule has 1 unspecified atom stereocenters. The van der Waals surface area contributed by atoms with Crippen molar-refractivity contribution in [1.82, 2.24) is 19.7 Å². The monoisotopic (exact) mass is 342 g/mol. The number of nitrogens with zero attached hydrogens (tertiary/aromatic N) is 4. The molecule has 0 saturated carbocycles. The fourth-order valence-electron chi connectivity index (χ4n) is 2.41. The van der Waals surface area contributed by atoms with E-state index in [1.54, 1.807) is 4.68 Å². The molecule has 0 amide bonds. The summed E-state index contributed by atoms with van der Waals surface area (Å²) in [5.74, 6) is -0.599. The van der Waals surface area contributed by atoms with Crippen LogP contribution in [0.15, 0.2) is 5.03 Å². The van der Waals surface area contributed by atoms with E-state index in [-0.39, 0.29) is 12.1 Å². The van der Waals surface area contributed by atoms with Gasteiger partial charge in [-0.15, -0.1) is 11.8 Å². The first kappa shape index (κ1) is 15.5. The lowest BCUT2D eigenvalue weighted by Crippen LogP contribution is -2.20. The average molecular weight is 343 g/mol. The third kappa shape index (κ3) is 2.66. The highest BCUT2D eigenvalue weighted by Crippen LogP contribution is 2.33. The van der Waals surface area contributed by atoms with E-state index >= 15 is 0 Å². The predicted octanol–water partition coefficient (Wildman–Crippen LogP) is 2.69. The fraction of sp³-hybridized carbons (Fsp3) is 0.538. The second-order valence-electron chi connectivity index (χ2n) is 4.80. The summed E-state index contributed by atoms with van der Waals surface area (Å²) in [4.78, 5) is 20.3. The number of rotatable bonds is 3. The van der Waals surface area contributed by atoms with Crippen LogP contribution >= 0.6 is 23.4 Å². The number of hydrogen-bond acceptors (Lipinski definition) is 7. The smallest absolute Gasteiger partial charge is 0.376 e. The van der Waals surface area contributed by atoms with Gasteiger partial charge in [0.05, 0.1) is 12.5 Å². The van der Waals surface area contributed by atoms with Crippen LogP contribution in [0.5, 0.6) is 0 Å². The van der Waals surface area contributed by atoms with E-state index in [1.807, 2.05) is 6.26 Å². The molecule has 1 atom stereocenters. The van der Waals surface area contributed by atoms with Gasteiger partial charge in [0.25, 0.3) is 0 Å². The Morgan fingerprint density at radius 3 is 2.91 bits per heavy atom. The number of ether oxygens (including phenoxy) is 2. The molecule has 0 spiro atoms. The molecule has 2 aromatic rings. The molecule has 0 N–H and O–H groups in total. The summed E-state index contributed by atoms with van der Waals surface area (Å²) in [5, 5.41) is 5.88. The van der Waals surface area contributed by atoms with Gasteiger partial charge in [0, 0.05) is 6.61 Å². The number of aromatic nitrogens is 4. The molecule has 0 radical (unpaired) electrons. The summed E-state index contributed by atoms with van der Waals surface area (Å²) in [6.45, 7) is 0.675.